The molecule has 3 N–H and O–H groups in total. The highest BCUT2D eigenvalue weighted by molar-refractivity contribution is 6.39. The van der Waals surface area contributed by atoms with E-state index in [-0.39, 0.29) is 18.2 Å². The van der Waals surface area contributed by atoms with Crippen LogP contribution in [-0.4, -0.2) is 30.5 Å². The lowest BCUT2D eigenvalue weighted by Crippen LogP contribution is -2.32. The fourth-order valence-electron chi connectivity index (χ4n) is 2.86. The van der Waals surface area contributed by atoms with Crippen molar-refractivity contribution >= 4 is 46.9 Å². The molecule has 3 amide bonds. The fraction of sp³-hybridized carbons (Fsp3) is 0.120. The smallest absolute Gasteiger partial charge is 0.417 e. The number of hydrazone groups is 1. The van der Waals surface area contributed by atoms with Crippen LogP contribution in [0.3, 0.4) is 0 Å². The second kappa shape index (κ2) is 12.0. The third-order valence-corrected chi connectivity index (χ3v) is 5.03. The van der Waals surface area contributed by atoms with Crippen LogP contribution in [0.15, 0.2) is 71.8 Å². The molecule has 0 aromatic heterocycles. The number of carbonyl (C=O) groups excluding carboxylic acids is 3. The average Bonchev–Trinajstić information content (AvgIpc) is 2.85. The molecule has 3 rings (SSSR count). The third-order valence-electron chi connectivity index (χ3n) is 4.70. The molecule has 0 bridgehead atoms. The van der Waals surface area contributed by atoms with Crippen molar-refractivity contribution in [3.63, 3.8) is 0 Å². The van der Waals surface area contributed by atoms with E-state index >= 15 is 0 Å². The fourth-order valence-corrected chi connectivity index (χ4v) is 3.08. The molecule has 3 aromatic carbocycles. The highest BCUT2D eigenvalue weighted by Crippen LogP contribution is 2.36. The number of anilines is 2. The number of alkyl halides is 3. The summed E-state index contributed by atoms with van der Waals surface area (Å²) in [4.78, 5) is 35.8. The van der Waals surface area contributed by atoms with E-state index in [0.29, 0.717) is 23.1 Å². The summed E-state index contributed by atoms with van der Waals surface area (Å²) < 4.78 is 44.2. The maximum absolute atomic E-state index is 12.9. The molecule has 0 aliphatic heterocycles. The lowest BCUT2D eigenvalue weighted by Gasteiger charge is -2.11. The molecule has 0 heterocycles. The number of halogens is 4. The van der Waals surface area contributed by atoms with Crippen molar-refractivity contribution in [2.75, 3.05) is 17.2 Å². The molecule has 8 nitrogen and oxygen atoms in total. The molecule has 0 radical (unpaired) electrons. The van der Waals surface area contributed by atoms with E-state index in [1.54, 1.807) is 36.4 Å². The summed E-state index contributed by atoms with van der Waals surface area (Å²) >= 11 is 5.53. The summed E-state index contributed by atoms with van der Waals surface area (Å²) in [6.45, 7) is 1.74. The number of aryl methyl sites for hydroxylation is 1. The second-order valence-corrected chi connectivity index (χ2v) is 8.02. The van der Waals surface area contributed by atoms with Gasteiger partial charge >= 0.3 is 18.0 Å². The molecule has 3 aromatic rings. The Morgan fingerprint density at radius 2 is 1.57 bits per heavy atom. The van der Waals surface area contributed by atoms with E-state index in [1.807, 2.05) is 29.8 Å². The van der Waals surface area contributed by atoms with Gasteiger partial charge in [-0.1, -0.05) is 29.3 Å². The molecule has 0 unspecified atom stereocenters. The molecule has 0 atom stereocenters. The van der Waals surface area contributed by atoms with Crippen LogP contribution in [0.1, 0.15) is 16.7 Å². The average molecular weight is 533 g/mol. The number of amides is 3. The van der Waals surface area contributed by atoms with Crippen LogP contribution < -0.4 is 20.8 Å². The first kappa shape index (κ1) is 27.2. The van der Waals surface area contributed by atoms with E-state index in [4.69, 9.17) is 16.3 Å². The number of hydrogen-bond acceptors (Lipinski definition) is 5. The van der Waals surface area contributed by atoms with Gasteiger partial charge in [-0.3, -0.25) is 14.4 Å². The van der Waals surface area contributed by atoms with E-state index in [0.717, 1.165) is 17.7 Å². The molecular formula is C25H20ClF3N4O4. The van der Waals surface area contributed by atoms with E-state index < -0.39 is 28.6 Å². The Hall–Kier alpha value is -4.38. The van der Waals surface area contributed by atoms with E-state index in [1.165, 1.54) is 6.21 Å². The predicted molar refractivity (Wildman–Crippen MR) is 133 cm³/mol. The topological polar surface area (TPSA) is 109 Å². The van der Waals surface area contributed by atoms with Gasteiger partial charge in [-0.15, -0.1) is 0 Å². The Balaban J connectivity index is 1.46. The minimum Gasteiger partial charge on any atom is -0.484 e. The summed E-state index contributed by atoms with van der Waals surface area (Å²) in [6, 6.07) is 16.4. The molecule has 0 aliphatic rings. The number of ether oxygens (including phenoxy) is 1. The van der Waals surface area contributed by atoms with Crippen LogP contribution in [0.4, 0.5) is 24.5 Å². The number of carbonyl (C=O) groups is 3. The quantitative estimate of drug-likeness (QED) is 0.231. The van der Waals surface area contributed by atoms with Gasteiger partial charge < -0.3 is 15.4 Å². The molecule has 192 valence electrons. The van der Waals surface area contributed by atoms with Gasteiger partial charge in [0, 0.05) is 11.4 Å². The van der Waals surface area contributed by atoms with Crippen molar-refractivity contribution in [2.24, 2.45) is 5.10 Å². The molecule has 12 heteroatoms. The Bertz CT molecular complexity index is 1310. The zero-order valence-electron chi connectivity index (χ0n) is 19.2. The van der Waals surface area contributed by atoms with Crippen LogP contribution >= 0.6 is 11.6 Å². The van der Waals surface area contributed by atoms with Gasteiger partial charge in [0.05, 0.1) is 16.8 Å². The minimum absolute atomic E-state index is 0.204. The predicted octanol–water partition coefficient (Wildman–Crippen LogP) is 4.77. The largest absolute Gasteiger partial charge is 0.484 e. The highest BCUT2D eigenvalue weighted by Gasteiger charge is 2.33. The Kier molecular flexibility index (Phi) is 8.86. The number of nitrogens with one attached hydrogen (secondary N) is 3. The van der Waals surface area contributed by atoms with Crippen molar-refractivity contribution in [3.05, 3.63) is 88.4 Å². The molecular weight excluding hydrogens is 513 g/mol. The molecule has 0 aliphatic carbocycles. The Morgan fingerprint density at radius 1 is 0.919 bits per heavy atom. The van der Waals surface area contributed by atoms with Crippen LogP contribution in [0.2, 0.25) is 5.02 Å². The molecule has 0 fully saturated rings. The van der Waals surface area contributed by atoms with Crippen LogP contribution in [-0.2, 0) is 20.6 Å². The summed E-state index contributed by atoms with van der Waals surface area (Å²) in [5.41, 5.74) is 2.82. The van der Waals surface area contributed by atoms with Gasteiger partial charge in [-0.2, -0.15) is 18.3 Å². The van der Waals surface area contributed by atoms with Crippen LogP contribution in [0.5, 0.6) is 5.75 Å². The lowest BCUT2D eigenvalue weighted by atomic mass is 10.2. The summed E-state index contributed by atoms with van der Waals surface area (Å²) in [5, 5.41) is 7.86. The first-order chi connectivity index (χ1) is 17.5. The van der Waals surface area contributed by atoms with Gasteiger partial charge in [0.25, 0.3) is 5.91 Å². The van der Waals surface area contributed by atoms with Crippen molar-refractivity contribution in [1.82, 2.24) is 5.43 Å². The highest BCUT2D eigenvalue weighted by atomic mass is 35.5. The van der Waals surface area contributed by atoms with Crippen LogP contribution in [0, 0.1) is 6.92 Å². The van der Waals surface area contributed by atoms with Crippen molar-refractivity contribution in [3.8, 4) is 5.75 Å². The number of rotatable bonds is 7. The SMILES string of the molecule is Cc1ccc(NC(=O)COc2ccc(/C=N\NC(=O)C(=O)Nc3ccc(Cl)c(C(F)(F)F)c3)cc2)cc1. The summed E-state index contributed by atoms with van der Waals surface area (Å²) in [5.74, 6) is -2.33. The van der Waals surface area contributed by atoms with Crippen molar-refractivity contribution < 1.29 is 32.3 Å². The maximum Gasteiger partial charge on any atom is 0.417 e. The first-order valence-electron chi connectivity index (χ1n) is 10.6. The summed E-state index contributed by atoms with van der Waals surface area (Å²) in [6.07, 6.45) is -3.48. The number of benzene rings is 3. The van der Waals surface area contributed by atoms with E-state index in [2.05, 4.69) is 10.4 Å². The van der Waals surface area contributed by atoms with Crippen LogP contribution in [0.25, 0.3) is 0 Å². The zero-order chi connectivity index (χ0) is 27.0. The minimum atomic E-state index is -4.72. The second-order valence-electron chi connectivity index (χ2n) is 7.62. The van der Waals surface area contributed by atoms with Crippen molar-refractivity contribution in [1.29, 1.82) is 0 Å². The van der Waals surface area contributed by atoms with Gasteiger partial charge in [0.15, 0.2) is 6.61 Å². The van der Waals surface area contributed by atoms with Gasteiger partial charge in [-0.05, 0) is 67.1 Å². The van der Waals surface area contributed by atoms with Gasteiger partial charge in [0.2, 0.25) is 0 Å². The van der Waals surface area contributed by atoms with Gasteiger partial charge in [-0.25, -0.2) is 5.43 Å². The normalized spacial score (nSPS) is 11.2. The Labute approximate surface area is 214 Å². The van der Waals surface area contributed by atoms with E-state index in [9.17, 15) is 27.6 Å². The summed E-state index contributed by atoms with van der Waals surface area (Å²) in [7, 11) is 0. The molecule has 37 heavy (non-hydrogen) atoms. The maximum atomic E-state index is 12.9. The molecule has 0 saturated carbocycles. The van der Waals surface area contributed by atoms with Crippen molar-refractivity contribution in [2.45, 2.75) is 13.1 Å². The Morgan fingerprint density at radius 3 is 2.22 bits per heavy atom. The third kappa shape index (κ3) is 8.36. The zero-order valence-corrected chi connectivity index (χ0v) is 20.0. The standard InChI is InChI=1S/C25H20ClF3N4O4/c1-15-2-6-17(7-3-15)31-22(34)14-37-19-9-4-16(5-10-19)13-30-33-24(36)23(35)32-18-8-11-21(26)20(12-18)25(27,28)29/h2-13H,14H2,1H3,(H,31,34)(H,32,35)(H,33,36)/b30-13-. The number of hydrogen-bond donors (Lipinski definition) is 3. The molecule has 0 spiro atoms. The molecule has 0 saturated heterocycles. The lowest BCUT2D eigenvalue weighted by molar-refractivity contribution is -0.137. The first-order valence-corrected chi connectivity index (χ1v) is 11.0. The number of nitrogens with zero attached hydrogens (tertiary/aromatic N) is 1. The van der Waals surface area contributed by atoms with Gasteiger partial charge in [0.1, 0.15) is 5.75 Å². The monoisotopic (exact) mass is 532 g/mol.